The van der Waals surface area contributed by atoms with Gasteiger partial charge in [0.1, 0.15) is 5.52 Å². The molecule has 0 N–H and O–H groups in total. The molecule has 78 valence electrons. The quantitative estimate of drug-likeness (QED) is 0.642. The number of pyridine rings is 1. The number of aromatic nitrogens is 2. The lowest BCUT2D eigenvalue weighted by atomic mass is 10.2. The normalized spacial score (nSPS) is 10.8. The molecule has 3 aromatic rings. The number of fused-ring (bicyclic) bond motifs is 1. The van der Waals surface area contributed by atoms with E-state index in [1.165, 1.54) is 0 Å². The van der Waals surface area contributed by atoms with Crippen LogP contribution in [0, 0.1) is 0 Å². The van der Waals surface area contributed by atoms with Crippen LogP contribution in [0.3, 0.4) is 0 Å². The molecule has 0 aliphatic rings. The van der Waals surface area contributed by atoms with Crippen molar-refractivity contribution >= 4 is 22.8 Å². The maximum absolute atomic E-state index is 6.00. The predicted molar refractivity (Wildman–Crippen MR) is 62.3 cm³/mol. The first-order valence-electron chi connectivity index (χ1n) is 4.81. The molecule has 3 nitrogen and oxygen atoms in total. The Morgan fingerprint density at radius 1 is 1.06 bits per heavy atom. The first-order chi connectivity index (χ1) is 7.84. The molecule has 0 unspecified atom stereocenters. The molecule has 4 heteroatoms. The van der Waals surface area contributed by atoms with Crippen molar-refractivity contribution in [2.45, 2.75) is 0 Å². The van der Waals surface area contributed by atoms with E-state index in [-0.39, 0.29) is 0 Å². The third kappa shape index (κ3) is 1.46. The minimum Gasteiger partial charge on any atom is -0.418 e. The van der Waals surface area contributed by atoms with E-state index in [2.05, 4.69) is 9.97 Å². The largest absolute Gasteiger partial charge is 0.418 e. The number of benzene rings is 1. The number of hydrogen-bond donors (Lipinski definition) is 0. The van der Waals surface area contributed by atoms with E-state index in [1.54, 1.807) is 12.3 Å². The maximum atomic E-state index is 6.00. The van der Waals surface area contributed by atoms with Crippen LogP contribution in [0.5, 0.6) is 0 Å². The van der Waals surface area contributed by atoms with Crippen LogP contribution in [0.2, 0.25) is 5.02 Å². The second-order valence-corrected chi connectivity index (χ2v) is 3.74. The zero-order chi connectivity index (χ0) is 11.0. The fraction of sp³-hybridized carbons (Fsp3) is 0. The molecule has 0 aliphatic heterocycles. The molecule has 1 aromatic carbocycles. The van der Waals surface area contributed by atoms with Gasteiger partial charge in [0.05, 0.1) is 5.02 Å². The highest BCUT2D eigenvalue weighted by Crippen LogP contribution is 2.26. The zero-order valence-electron chi connectivity index (χ0n) is 8.22. The van der Waals surface area contributed by atoms with Gasteiger partial charge in [0.25, 0.3) is 0 Å². The van der Waals surface area contributed by atoms with Gasteiger partial charge < -0.3 is 4.42 Å². The SMILES string of the molecule is Clc1ccnc2oc(-c3ccccc3)nc12. The smallest absolute Gasteiger partial charge is 0.248 e. The van der Waals surface area contributed by atoms with E-state index in [0.717, 1.165) is 5.56 Å². The summed E-state index contributed by atoms with van der Waals surface area (Å²) in [5, 5.41) is 0.552. The molecular weight excluding hydrogens is 224 g/mol. The minimum atomic E-state index is 0.464. The average Bonchev–Trinajstić information content (AvgIpc) is 2.76. The van der Waals surface area contributed by atoms with Gasteiger partial charge in [0, 0.05) is 11.8 Å². The van der Waals surface area contributed by atoms with Crippen LogP contribution in [0.1, 0.15) is 0 Å². The van der Waals surface area contributed by atoms with Gasteiger partial charge in [-0.25, -0.2) is 9.97 Å². The van der Waals surface area contributed by atoms with Crippen LogP contribution >= 0.6 is 11.6 Å². The summed E-state index contributed by atoms with van der Waals surface area (Å²) in [6.07, 6.45) is 1.60. The molecule has 16 heavy (non-hydrogen) atoms. The second-order valence-electron chi connectivity index (χ2n) is 3.33. The topological polar surface area (TPSA) is 38.9 Å². The summed E-state index contributed by atoms with van der Waals surface area (Å²) >= 11 is 6.00. The fourth-order valence-electron chi connectivity index (χ4n) is 1.51. The predicted octanol–water partition coefficient (Wildman–Crippen LogP) is 3.54. The van der Waals surface area contributed by atoms with Crippen molar-refractivity contribution in [3.63, 3.8) is 0 Å². The highest BCUT2D eigenvalue weighted by atomic mass is 35.5. The fourth-order valence-corrected chi connectivity index (χ4v) is 1.69. The van der Waals surface area contributed by atoms with Crippen LogP contribution in [0.4, 0.5) is 0 Å². The lowest BCUT2D eigenvalue weighted by molar-refractivity contribution is 0.608. The third-order valence-corrected chi connectivity index (χ3v) is 2.57. The Morgan fingerprint density at radius 3 is 2.62 bits per heavy atom. The van der Waals surface area contributed by atoms with Gasteiger partial charge in [-0.3, -0.25) is 0 Å². The number of nitrogens with zero attached hydrogens (tertiary/aromatic N) is 2. The van der Waals surface area contributed by atoms with E-state index in [1.807, 2.05) is 30.3 Å². The van der Waals surface area contributed by atoms with Crippen molar-refractivity contribution in [3.05, 3.63) is 47.6 Å². The van der Waals surface area contributed by atoms with Crippen LogP contribution in [0.25, 0.3) is 22.7 Å². The van der Waals surface area contributed by atoms with Crippen molar-refractivity contribution < 1.29 is 4.42 Å². The van der Waals surface area contributed by atoms with Crippen LogP contribution < -0.4 is 0 Å². The van der Waals surface area contributed by atoms with Gasteiger partial charge in [0.2, 0.25) is 11.6 Å². The van der Waals surface area contributed by atoms with E-state index < -0.39 is 0 Å². The molecule has 0 spiro atoms. The molecule has 0 fully saturated rings. The van der Waals surface area contributed by atoms with Crippen molar-refractivity contribution in [2.75, 3.05) is 0 Å². The Bertz CT molecular complexity index is 634. The van der Waals surface area contributed by atoms with Crippen LogP contribution in [-0.4, -0.2) is 9.97 Å². The molecule has 2 aromatic heterocycles. The Morgan fingerprint density at radius 2 is 1.88 bits per heavy atom. The summed E-state index contributed by atoms with van der Waals surface area (Å²) in [4.78, 5) is 8.40. The molecule has 0 saturated carbocycles. The highest BCUT2D eigenvalue weighted by molar-refractivity contribution is 6.34. The first-order valence-corrected chi connectivity index (χ1v) is 5.19. The molecule has 0 bridgehead atoms. The Labute approximate surface area is 96.7 Å². The van der Waals surface area contributed by atoms with Crippen molar-refractivity contribution in [2.24, 2.45) is 0 Å². The van der Waals surface area contributed by atoms with Crippen LogP contribution in [-0.2, 0) is 0 Å². The summed E-state index contributed by atoms with van der Waals surface area (Å²) < 4.78 is 5.53. The monoisotopic (exact) mass is 230 g/mol. The highest BCUT2D eigenvalue weighted by Gasteiger charge is 2.10. The van der Waals surface area contributed by atoms with Crippen molar-refractivity contribution in [1.82, 2.24) is 9.97 Å². The lowest BCUT2D eigenvalue weighted by Gasteiger charge is -1.91. The molecule has 0 amide bonds. The third-order valence-electron chi connectivity index (χ3n) is 2.27. The van der Waals surface area contributed by atoms with Crippen molar-refractivity contribution in [3.8, 4) is 11.5 Å². The first kappa shape index (κ1) is 9.36. The average molecular weight is 231 g/mol. The molecule has 0 atom stereocenters. The standard InChI is InChI=1S/C12H7ClN2O/c13-9-6-7-14-12-10(9)15-11(16-12)8-4-2-1-3-5-8/h1-7H. The number of hydrogen-bond acceptors (Lipinski definition) is 3. The van der Waals surface area contributed by atoms with E-state index in [9.17, 15) is 0 Å². The Hall–Kier alpha value is -1.87. The zero-order valence-corrected chi connectivity index (χ0v) is 8.98. The number of oxazole rings is 1. The summed E-state index contributed by atoms with van der Waals surface area (Å²) in [7, 11) is 0. The van der Waals surface area contributed by atoms with Gasteiger partial charge in [-0.15, -0.1) is 0 Å². The van der Waals surface area contributed by atoms with Gasteiger partial charge in [0.15, 0.2) is 0 Å². The molecule has 3 rings (SSSR count). The van der Waals surface area contributed by atoms with Gasteiger partial charge in [-0.2, -0.15) is 0 Å². The van der Waals surface area contributed by atoms with Crippen molar-refractivity contribution in [1.29, 1.82) is 0 Å². The summed E-state index contributed by atoms with van der Waals surface area (Å²) in [5.41, 5.74) is 1.98. The van der Waals surface area contributed by atoms with E-state index >= 15 is 0 Å². The van der Waals surface area contributed by atoms with Crippen LogP contribution in [0.15, 0.2) is 47.0 Å². The van der Waals surface area contributed by atoms with Gasteiger partial charge >= 0.3 is 0 Å². The van der Waals surface area contributed by atoms with Gasteiger partial charge in [-0.05, 0) is 18.2 Å². The summed E-state index contributed by atoms with van der Waals surface area (Å²) in [6, 6.07) is 11.4. The number of rotatable bonds is 1. The van der Waals surface area contributed by atoms with Gasteiger partial charge in [-0.1, -0.05) is 29.8 Å². The molecule has 0 radical (unpaired) electrons. The molecular formula is C12H7ClN2O. The maximum Gasteiger partial charge on any atom is 0.248 e. The Kier molecular flexibility index (Phi) is 2.11. The lowest BCUT2D eigenvalue weighted by Crippen LogP contribution is -1.75. The summed E-state index contributed by atoms with van der Waals surface area (Å²) in [5.74, 6) is 0.538. The Balaban J connectivity index is 2.23. The van der Waals surface area contributed by atoms with E-state index in [0.29, 0.717) is 22.1 Å². The minimum absolute atomic E-state index is 0.464. The molecule has 2 heterocycles. The number of halogens is 1. The summed E-state index contributed by atoms with van der Waals surface area (Å²) in [6.45, 7) is 0. The second kappa shape index (κ2) is 3.61. The molecule has 0 aliphatic carbocycles. The van der Waals surface area contributed by atoms with E-state index in [4.69, 9.17) is 16.0 Å². The molecule has 0 saturated heterocycles.